The van der Waals surface area contributed by atoms with Crippen LogP contribution in [0.5, 0.6) is 0 Å². The molecule has 1 heterocycles. The summed E-state index contributed by atoms with van der Waals surface area (Å²) in [6.45, 7) is 4.18. The highest BCUT2D eigenvalue weighted by Crippen LogP contribution is 2.25. The number of aromatic nitrogens is 1. The Balaban J connectivity index is 1.99. The van der Waals surface area contributed by atoms with Crippen molar-refractivity contribution in [3.63, 3.8) is 0 Å². The molecule has 4 heteroatoms. The van der Waals surface area contributed by atoms with Crippen LogP contribution in [0.15, 0.2) is 18.5 Å². The molecule has 0 radical (unpaired) electrons. The van der Waals surface area contributed by atoms with Gasteiger partial charge in [0.15, 0.2) is 0 Å². The molecule has 2 N–H and O–H groups in total. The molecule has 0 atom stereocenters. The van der Waals surface area contributed by atoms with Gasteiger partial charge in [0.25, 0.3) is 0 Å². The Bertz CT molecular complexity index is 375. The molecule has 0 amide bonds. The van der Waals surface area contributed by atoms with Crippen LogP contribution in [0.1, 0.15) is 38.2 Å². The Morgan fingerprint density at radius 3 is 2.72 bits per heavy atom. The third kappa shape index (κ3) is 3.44. The van der Waals surface area contributed by atoms with E-state index < -0.39 is 0 Å². The SMILES string of the molecule is CCN(Cc1ccncc1Cl)C1CCC(N)CC1. The summed E-state index contributed by atoms with van der Waals surface area (Å²) in [4.78, 5) is 6.54. The van der Waals surface area contributed by atoms with E-state index in [2.05, 4.69) is 16.8 Å². The first-order chi connectivity index (χ1) is 8.70. The van der Waals surface area contributed by atoms with Gasteiger partial charge in [-0.15, -0.1) is 0 Å². The maximum atomic E-state index is 6.18. The van der Waals surface area contributed by atoms with Crippen molar-refractivity contribution in [3.8, 4) is 0 Å². The summed E-state index contributed by atoms with van der Waals surface area (Å²) in [7, 11) is 0. The average Bonchev–Trinajstić information content (AvgIpc) is 2.39. The van der Waals surface area contributed by atoms with Gasteiger partial charge in [0, 0.05) is 31.0 Å². The average molecular weight is 268 g/mol. The molecule has 1 aliphatic rings. The maximum Gasteiger partial charge on any atom is 0.0634 e. The monoisotopic (exact) mass is 267 g/mol. The number of hydrogen-bond acceptors (Lipinski definition) is 3. The van der Waals surface area contributed by atoms with Gasteiger partial charge in [-0.2, -0.15) is 0 Å². The number of rotatable bonds is 4. The van der Waals surface area contributed by atoms with E-state index in [1.165, 1.54) is 18.4 Å². The first-order valence-electron chi connectivity index (χ1n) is 6.78. The second kappa shape index (κ2) is 6.50. The van der Waals surface area contributed by atoms with Gasteiger partial charge in [0.05, 0.1) is 5.02 Å². The molecule has 0 unspecified atom stereocenters. The number of halogens is 1. The van der Waals surface area contributed by atoms with E-state index in [0.717, 1.165) is 31.0 Å². The third-order valence-corrected chi connectivity index (χ3v) is 4.23. The minimum atomic E-state index is 0.407. The highest BCUT2D eigenvalue weighted by atomic mass is 35.5. The fourth-order valence-electron chi connectivity index (χ4n) is 2.72. The molecular formula is C14H22ClN3. The minimum absolute atomic E-state index is 0.407. The first-order valence-corrected chi connectivity index (χ1v) is 7.16. The summed E-state index contributed by atoms with van der Waals surface area (Å²) in [5, 5.41) is 0.767. The Hall–Kier alpha value is -0.640. The molecule has 1 aromatic rings. The van der Waals surface area contributed by atoms with Crippen LogP contribution in [0, 0.1) is 0 Å². The van der Waals surface area contributed by atoms with Gasteiger partial charge in [-0.3, -0.25) is 9.88 Å². The summed E-state index contributed by atoms with van der Waals surface area (Å²) in [6.07, 6.45) is 8.24. The van der Waals surface area contributed by atoms with Crippen LogP contribution in [-0.2, 0) is 6.54 Å². The van der Waals surface area contributed by atoms with Crippen molar-refractivity contribution >= 4 is 11.6 Å². The molecule has 0 bridgehead atoms. The quantitative estimate of drug-likeness (QED) is 0.912. The van der Waals surface area contributed by atoms with Crippen molar-refractivity contribution in [1.29, 1.82) is 0 Å². The highest BCUT2D eigenvalue weighted by molar-refractivity contribution is 6.31. The fourth-order valence-corrected chi connectivity index (χ4v) is 2.90. The molecule has 0 aliphatic heterocycles. The lowest BCUT2D eigenvalue weighted by molar-refractivity contribution is 0.149. The number of hydrogen-bond donors (Lipinski definition) is 1. The number of pyridine rings is 1. The Kier molecular flexibility index (Phi) is 4.98. The van der Waals surface area contributed by atoms with Crippen molar-refractivity contribution in [2.75, 3.05) is 6.54 Å². The number of nitrogens with zero attached hydrogens (tertiary/aromatic N) is 2. The summed E-state index contributed by atoms with van der Waals surface area (Å²) in [6, 6.07) is 3.07. The predicted octanol–water partition coefficient (Wildman–Crippen LogP) is 2.83. The summed E-state index contributed by atoms with van der Waals surface area (Å²) >= 11 is 6.18. The molecule has 2 rings (SSSR count). The van der Waals surface area contributed by atoms with E-state index in [4.69, 9.17) is 17.3 Å². The van der Waals surface area contributed by atoms with Crippen molar-refractivity contribution in [2.45, 2.75) is 51.2 Å². The largest absolute Gasteiger partial charge is 0.328 e. The molecule has 18 heavy (non-hydrogen) atoms. The van der Waals surface area contributed by atoms with E-state index in [1.807, 2.05) is 12.3 Å². The van der Waals surface area contributed by atoms with Crippen LogP contribution in [0.4, 0.5) is 0 Å². The molecule has 0 spiro atoms. The molecule has 1 aromatic heterocycles. The second-order valence-corrected chi connectivity index (χ2v) is 5.51. The van der Waals surface area contributed by atoms with Crippen molar-refractivity contribution in [2.24, 2.45) is 5.73 Å². The summed E-state index contributed by atoms with van der Waals surface area (Å²) in [5.41, 5.74) is 7.14. The maximum absolute atomic E-state index is 6.18. The van der Waals surface area contributed by atoms with Gasteiger partial charge in [-0.1, -0.05) is 18.5 Å². The lowest BCUT2D eigenvalue weighted by Crippen LogP contribution is -2.40. The van der Waals surface area contributed by atoms with E-state index >= 15 is 0 Å². The molecule has 0 saturated heterocycles. The fraction of sp³-hybridized carbons (Fsp3) is 0.643. The van der Waals surface area contributed by atoms with Gasteiger partial charge < -0.3 is 5.73 Å². The van der Waals surface area contributed by atoms with Gasteiger partial charge in [0.1, 0.15) is 0 Å². The van der Waals surface area contributed by atoms with Crippen LogP contribution in [0.3, 0.4) is 0 Å². The molecule has 1 aliphatic carbocycles. The zero-order chi connectivity index (χ0) is 13.0. The van der Waals surface area contributed by atoms with E-state index in [1.54, 1.807) is 6.20 Å². The summed E-state index contributed by atoms with van der Waals surface area (Å²) < 4.78 is 0. The topological polar surface area (TPSA) is 42.2 Å². The van der Waals surface area contributed by atoms with Gasteiger partial charge >= 0.3 is 0 Å². The van der Waals surface area contributed by atoms with E-state index in [9.17, 15) is 0 Å². The molecule has 1 saturated carbocycles. The molecular weight excluding hydrogens is 246 g/mol. The van der Waals surface area contributed by atoms with Gasteiger partial charge in [-0.25, -0.2) is 0 Å². The second-order valence-electron chi connectivity index (χ2n) is 5.10. The smallest absolute Gasteiger partial charge is 0.0634 e. The Labute approximate surface area is 114 Å². The highest BCUT2D eigenvalue weighted by Gasteiger charge is 2.23. The van der Waals surface area contributed by atoms with Gasteiger partial charge in [-0.05, 0) is 43.9 Å². The van der Waals surface area contributed by atoms with Gasteiger partial charge in [0.2, 0.25) is 0 Å². The van der Waals surface area contributed by atoms with Crippen molar-refractivity contribution in [1.82, 2.24) is 9.88 Å². The van der Waals surface area contributed by atoms with Crippen LogP contribution >= 0.6 is 11.6 Å². The van der Waals surface area contributed by atoms with Crippen LogP contribution in [0.25, 0.3) is 0 Å². The number of nitrogens with two attached hydrogens (primary N) is 1. The van der Waals surface area contributed by atoms with Crippen LogP contribution in [0.2, 0.25) is 5.02 Å². The molecule has 100 valence electrons. The van der Waals surface area contributed by atoms with Crippen LogP contribution < -0.4 is 5.73 Å². The standard InChI is InChI=1S/C14H22ClN3/c1-2-18(13-5-3-12(16)4-6-13)10-11-7-8-17-9-14(11)15/h7-9,12-13H,2-6,10,16H2,1H3. The molecule has 3 nitrogen and oxygen atoms in total. The molecule has 0 aromatic carbocycles. The van der Waals surface area contributed by atoms with E-state index in [-0.39, 0.29) is 0 Å². The predicted molar refractivity (Wildman–Crippen MR) is 75.6 cm³/mol. The molecule has 1 fully saturated rings. The zero-order valence-corrected chi connectivity index (χ0v) is 11.7. The first kappa shape index (κ1) is 13.8. The third-order valence-electron chi connectivity index (χ3n) is 3.89. The normalized spacial score (nSPS) is 24.4. The Morgan fingerprint density at radius 2 is 2.11 bits per heavy atom. The van der Waals surface area contributed by atoms with Crippen molar-refractivity contribution < 1.29 is 0 Å². The summed E-state index contributed by atoms with van der Waals surface area (Å²) in [5.74, 6) is 0. The Morgan fingerprint density at radius 1 is 1.39 bits per heavy atom. The minimum Gasteiger partial charge on any atom is -0.328 e. The lowest BCUT2D eigenvalue weighted by Gasteiger charge is -2.35. The lowest BCUT2D eigenvalue weighted by atomic mass is 9.90. The van der Waals surface area contributed by atoms with Crippen LogP contribution in [-0.4, -0.2) is 28.5 Å². The zero-order valence-electron chi connectivity index (χ0n) is 11.0. The van der Waals surface area contributed by atoms with Crippen molar-refractivity contribution in [3.05, 3.63) is 29.0 Å². The van der Waals surface area contributed by atoms with E-state index in [0.29, 0.717) is 12.1 Å².